The zero-order valence-electron chi connectivity index (χ0n) is 29.2. The van der Waals surface area contributed by atoms with Crippen LogP contribution in [0.5, 0.6) is 0 Å². The van der Waals surface area contributed by atoms with Crippen LogP contribution in [0, 0.1) is 6.92 Å². The molecule has 1 unspecified atom stereocenters. The number of aromatic nitrogens is 1. The van der Waals surface area contributed by atoms with Gasteiger partial charge in [0, 0.05) is 96.2 Å². The van der Waals surface area contributed by atoms with E-state index in [0.717, 1.165) is 78.7 Å². The van der Waals surface area contributed by atoms with Gasteiger partial charge in [0.2, 0.25) is 0 Å². The Morgan fingerprint density at radius 1 is 0.860 bits per heavy atom. The Morgan fingerprint density at radius 2 is 1.56 bits per heavy atom. The summed E-state index contributed by atoms with van der Waals surface area (Å²) in [4.78, 5) is 61.4. The van der Waals surface area contributed by atoms with E-state index in [1.54, 1.807) is 22.6 Å². The van der Waals surface area contributed by atoms with Crippen molar-refractivity contribution in [2.75, 3.05) is 64.2 Å². The molecule has 7 rings (SSSR count). The molecule has 12 nitrogen and oxygen atoms in total. The third kappa shape index (κ3) is 7.22. The second kappa shape index (κ2) is 14.8. The second-order valence-corrected chi connectivity index (χ2v) is 14.2. The van der Waals surface area contributed by atoms with Crippen LogP contribution in [-0.4, -0.2) is 119 Å². The van der Waals surface area contributed by atoms with Crippen molar-refractivity contribution in [3.63, 3.8) is 0 Å². The van der Waals surface area contributed by atoms with Gasteiger partial charge in [0.15, 0.2) is 6.10 Å². The molecule has 3 aromatic rings. The molecule has 50 heavy (non-hydrogen) atoms. The van der Waals surface area contributed by atoms with E-state index in [0.29, 0.717) is 51.6 Å². The van der Waals surface area contributed by atoms with Crippen LogP contribution in [-0.2, 0) is 29.4 Å². The summed E-state index contributed by atoms with van der Waals surface area (Å²) >= 11 is 0. The largest absolute Gasteiger partial charge is 0.436 e. The number of piperidine rings is 2. The number of amides is 4. The first-order valence-electron chi connectivity index (χ1n) is 18.2. The number of pyridine rings is 1. The highest BCUT2D eigenvalue weighted by Crippen LogP contribution is 2.27. The van der Waals surface area contributed by atoms with Crippen LogP contribution >= 0.6 is 0 Å². The minimum absolute atomic E-state index is 0.0133. The van der Waals surface area contributed by atoms with Crippen molar-refractivity contribution in [3.05, 3.63) is 75.6 Å². The fourth-order valence-corrected chi connectivity index (χ4v) is 8.36. The summed E-state index contributed by atoms with van der Waals surface area (Å²) in [6, 6.07) is 15.6. The molecule has 266 valence electrons. The Kier molecular flexibility index (Phi) is 10.1. The first-order chi connectivity index (χ1) is 24.2. The Bertz CT molecular complexity index is 1790. The number of piperazine rings is 1. The van der Waals surface area contributed by atoms with Crippen LogP contribution in [0.4, 0.5) is 15.3 Å². The van der Waals surface area contributed by atoms with Gasteiger partial charge in [-0.1, -0.05) is 24.3 Å². The summed E-state index contributed by atoms with van der Waals surface area (Å²) in [6.07, 6.45) is 2.63. The van der Waals surface area contributed by atoms with E-state index in [9.17, 15) is 19.2 Å². The van der Waals surface area contributed by atoms with E-state index in [4.69, 9.17) is 4.74 Å². The first-order valence-corrected chi connectivity index (χ1v) is 18.2. The number of carbonyl (C=O) groups excluding carboxylic acids is 3. The van der Waals surface area contributed by atoms with Gasteiger partial charge in [0.05, 0.1) is 5.52 Å². The molecule has 4 amide bonds. The number of aryl methyl sites for hydroxylation is 2. The van der Waals surface area contributed by atoms with E-state index < -0.39 is 12.2 Å². The van der Waals surface area contributed by atoms with Gasteiger partial charge in [-0.3, -0.25) is 14.5 Å². The number of urea groups is 1. The molecule has 1 atom stereocenters. The fourth-order valence-electron chi connectivity index (χ4n) is 8.36. The molecule has 3 saturated heterocycles. The number of para-hydroxylation sites is 1. The highest BCUT2D eigenvalue weighted by molar-refractivity contribution is 5.91. The van der Waals surface area contributed by atoms with Crippen molar-refractivity contribution in [1.82, 2.24) is 29.5 Å². The summed E-state index contributed by atoms with van der Waals surface area (Å²) in [7, 11) is 1.76. The molecule has 0 saturated carbocycles. The van der Waals surface area contributed by atoms with Gasteiger partial charge in [-0.15, -0.1) is 0 Å². The number of ether oxygens (including phenoxy) is 1. The summed E-state index contributed by atoms with van der Waals surface area (Å²) in [5.74, 6) is -0.161. The maximum Gasteiger partial charge on any atom is 0.410 e. The highest BCUT2D eigenvalue weighted by atomic mass is 16.6. The summed E-state index contributed by atoms with van der Waals surface area (Å²) < 4.78 is 7.78. The molecule has 2 N–H and O–H groups in total. The molecule has 0 spiro atoms. The van der Waals surface area contributed by atoms with Crippen molar-refractivity contribution >= 4 is 34.6 Å². The number of likely N-dealkylation sites (tertiary alicyclic amines) is 2. The molecular weight excluding hydrogens is 634 g/mol. The number of hydrogen-bond acceptors (Lipinski definition) is 7. The van der Waals surface area contributed by atoms with Gasteiger partial charge >= 0.3 is 12.1 Å². The number of fused-ring (bicyclic) bond motifs is 2. The first kappa shape index (κ1) is 34.0. The lowest BCUT2D eigenvalue weighted by Gasteiger charge is -2.41. The maximum atomic E-state index is 14.2. The monoisotopic (exact) mass is 683 g/mol. The molecule has 5 heterocycles. The van der Waals surface area contributed by atoms with Gasteiger partial charge in [0.25, 0.3) is 11.5 Å². The number of carbonyl (C=O) groups is 3. The quantitative estimate of drug-likeness (QED) is 0.409. The van der Waals surface area contributed by atoms with Crippen molar-refractivity contribution < 1.29 is 19.1 Å². The number of benzene rings is 2. The maximum absolute atomic E-state index is 14.2. The van der Waals surface area contributed by atoms with Gasteiger partial charge < -0.3 is 34.6 Å². The van der Waals surface area contributed by atoms with Crippen LogP contribution in [0.2, 0.25) is 0 Å². The Balaban J connectivity index is 1.03. The second-order valence-electron chi connectivity index (χ2n) is 14.2. The topological polar surface area (TPSA) is 119 Å². The number of nitrogens with zero attached hydrogens (tertiary/aromatic N) is 5. The van der Waals surface area contributed by atoms with Crippen LogP contribution in [0.25, 0.3) is 10.9 Å². The Hall–Kier alpha value is -4.42. The third-order valence-corrected chi connectivity index (χ3v) is 11.2. The summed E-state index contributed by atoms with van der Waals surface area (Å²) in [5.41, 5.74) is 4.55. The molecule has 2 aromatic carbocycles. The molecule has 0 bridgehead atoms. The van der Waals surface area contributed by atoms with Gasteiger partial charge in [-0.25, -0.2) is 9.59 Å². The predicted molar refractivity (Wildman–Crippen MR) is 192 cm³/mol. The van der Waals surface area contributed by atoms with Gasteiger partial charge in [-0.2, -0.15) is 0 Å². The zero-order chi connectivity index (χ0) is 34.8. The fraction of sp³-hybridized carbons (Fsp3) is 0.526. The lowest BCUT2D eigenvalue weighted by molar-refractivity contribution is -0.142. The van der Waals surface area contributed by atoms with Crippen LogP contribution in [0.3, 0.4) is 0 Å². The standard InChI is InChI=1S/C38H49N7O5/c1-26-23-27(24-29-7-8-34(46)41(2)35(26)29)25-33(36(47)43-16-10-30(11-17-43)42-21-14-39-15-22-42)50-38(49)44-18-12-31(13-19-44)45-20-9-28-5-3-4-6-32(28)40-37(45)48/h3-8,23-24,30-31,33,39H,9-22,25H2,1-2H3,(H,40,48). The SMILES string of the molecule is Cc1cc(CC(OC(=O)N2CCC(N3CCc4ccccc4NC3=O)CC2)C(=O)N2CCC(N3CCNCC3)CC2)cc2ccc(=O)n(C)c12. The molecule has 0 radical (unpaired) electrons. The van der Waals surface area contributed by atoms with E-state index in [1.165, 1.54) is 0 Å². The van der Waals surface area contributed by atoms with Gasteiger partial charge in [-0.05, 0) is 79.3 Å². The summed E-state index contributed by atoms with van der Waals surface area (Å²) in [6.45, 7) is 8.78. The molecule has 12 heteroatoms. The predicted octanol–water partition coefficient (Wildman–Crippen LogP) is 3.35. The lowest BCUT2D eigenvalue weighted by atomic mass is 9.98. The zero-order valence-corrected chi connectivity index (χ0v) is 29.2. The molecule has 3 fully saturated rings. The van der Waals surface area contributed by atoms with Crippen molar-refractivity contribution in [3.8, 4) is 0 Å². The normalized spacial score (nSPS) is 20.3. The molecular formula is C38H49N7O5. The van der Waals surface area contributed by atoms with Crippen molar-refractivity contribution in [2.45, 2.75) is 63.6 Å². The van der Waals surface area contributed by atoms with E-state index in [-0.39, 0.29) is 30.0 Å². The number of anilines is 1. The Morgan fingerprint density at radius 3 is 2.32 bits per heavy atom. The third-order valence-electron chi connectivity index (χ3n) is 11.2. The molecule has 4 aliphatic rings. The Labute approximate surface area is 293 Å². The van der Waals surface area contributed by atoms with E-state index in [2.05, 4.69) is 15.5 Å². The smallest absolute Gasteiger partial charge is 0.410 e. The molecule has 1 aromatic heterocycles. The van der Waals surface area contributed by atoms with Crippen LogP contribution < -0.4 is 16.2 Å². The minimum atomic E-state index is -0.977. The average molecular weight is 684 g/mol. The molecule has 0 aliphatic carbocycles. The van der Waals surface area contributed by atoms with Crippen molar-refractivity contribution in [1.29, 1.82) is 0 Å². The minimum Gasteiger partial charge on any atom is -0.436 e. The highest BCUT2D eigenvalue weighted by Gasteiger charge is 2.36. The molecule has 4 aliphatic heterocycles. The van der Waals surface area contributed by atoms with Crippen LogP contribution in [0.1, 0.15) is 42.4 Å². The summed E-state index contributed by atoms with van der Waals surface area (Å²) in [5, 5.41) is 7.37. The average Bonchev–Trinajstić information content (AvgIpc) is 3.31. The lowest BCUT2D eigenvalue weighted by Crippen LogP contribution is -2.54. The van der Waals surface area contributed by atoms with E-state index in [1.807, 2.05) is 59.2 Å². The number of rotatable bonds is 6. The van der Waals surface area contributed by atoms with Crippen molar-refractivity contribution in [2.24, 2.45) is 7.05 Å². The number of hydrogen-bond donors (Lipinski definition) is 2. The van der Waals surface area contributed by atoms with Crippen LogP contribution in [0.15, 0.2) is 53.3 Å². The van der Waals surface area contributed by atoms with E-state index >= 15 is 0 Å². The number of nitrogens with one attached hydrogen (secondary N) is 2. The van der Waals surface area contributed by atoms with Gasteiger partial charge in [0.1, 0.15) is 0 Å².